The highest BCUT2D eigenvalue weighted by molar-refractivity contribution is 7.80. The lowest BCUT2D eigenvalue weighted by Gasteiger charge is -2.14. The predicted molar refractivity (Wildman–Crippen MR) is 147 cm³/mol. The SMILES string of the molecule is O=C(Nc1cccc(NC(=S)NC(=O)c2ccccc2OCCc2ccccc2)c1)c1ccccc1. The molecule has 4 rings (SSSR count). The summed E-state index contributed by atoms with van der Waals surface area (Å²) in [7, 11) is 0. The summed E-state index contributed by atoms with van der Waals surface area (Å²) >= 11 is 5.34. The number of nitrogens with one attached hydrogen (secondary N) is 3. The number of benzene rings is 4. The van der Waals surface area contributed by atoms with Crippen LogP contribution in [0, 0.1) is 0 Å². The normalized spacial score (nSPS) is 10.2. The maximum absolute atomic E-state index is 12.9. The molecule has 0 radical (unpaired) electrons. The van der Waals surface area contributed by atoms with E-state index in [4.69, 9.17) is 17.0 Å². The fourth-order valence-corrected chi connectivity index (χ4v) is 3.71. The molecule has 36 heavy (non-hydrogen) atoms. The number of hydrogen-bond donors (Lipinski definition) is 3. The van der Waals surface area contributed by atoms with Crippen molar-refractivity contribution in [3.05, 3.63) is 126 Å². The summed E-state index contributed by atoms with van der Waals surface area (Å²) in [5.41, 5.74) is 3.33. The van der Waals surface area contributed by atoms with Gasteiger partial charge in [-0.05, 0) is 60.2 Å². The second kappa shape index (κ2) is 12.3. The van der Waals surface area contributed by atoms with E-state index in [1.54, 1.807) is 66.7 Å². The first-order valence-electron chi connectivity index (χ1n) is 11.4. The number of ether oxygens (including phenoxy) is 1. The summed E-state index contributed by atoms with van der Waals surface area (Å²) in [6.45, 7) is 0.443. The summed E-state index contributed by atoms with van der Waals surface area (Å²) in [5.74, 6) is -0.108. The third kappa shape index (κ3) is 7.01. The highest BCUT2D eigenvalue weighted by Gasteiger charge is 2.14. The minimum absolute atomic E-state index is 0.130. The van der Waals surface area contributed by atoms with Gasteiger partial charge in [0.25, 0.3) is 11.8 Å². The molecule has 180 valence electrons. The van der Waals surface area contributed by atoms with Gasteiger partial charge in [-0.2, -0.15) is 0 Å². The number of carbonyl (C=O) groups excluding carboxylic acids is 2. The lowest BCUT2D eigenvalue weighted by molar-refractivity contribution is 0.0972. The van der Waals surface area contributed by atoms with Crippen LogP contribution in [0.15, 0.2) is 109 Å². The molecule has 4 aromatic rings. The smallest absolute Gasteiger partial charge is 0.261 e. The Bertz CT molecular complexity index is 1340. The summed E-state index contributed by atoms with van der Waals surface area (Å²) in [6, 6.07) is 33.1. The standard InChI is InChI=1S/C29H25N3O3S/c33-27(22-12-5-2-6-13-22)30-23-14-9-15-24(20-23)31-29(36)32-28(34)25-16-7-8-17-26(25)35-19-18-21-10-3-1-4-11-21/h1-17,20H,18-19H2,(H,30,33)(H2,31,32,34,36). The van der Waals surface area contributed by atoms with Gasteiger partial charge in [0.15, 0.2) is 5.11 Å². The van der Waals surface area contributed by atoms with Crippen LogP contribution in [0.4, 0.5) is 11.4 Å². The molecule has 0 saturated carbocycles. The topological polar surface area (TPSA) is 79.5 Å². The number of rotatable bonds is 8. The first kappa shape index (κ1) is 24.6. The molecule has 0 aliphatic carbocycles. The lowest BCUT2D eigenvalue weighted by Crippen LogP contribution is -2.34. The summed E-state index contributed by atoms with van der Waals surface area (Å²) < 4.78 is 5.89. The van der Waals surface area contributed by atoms with E-state index in [0.29, 0.717) is 34.9 Å². The average molecular weight is 496 g/mol. The average Bonchev–Trinajstić information content (AvgIpc) is 2.90. The predicted octanol–water partition coefficient (Wildman–Crippen LogP) is 5.69. The molecule has 0 spiro atoms. The molecular weight excluding hydrogens is 470 g/mol. The first-order valence-corrected chi connectivity index (χ1v) is 11.8. The van der Waals surface area contributed by atoms with Crippen molar-refractivity contribution in [3.63, 3.8) is 0 Å². The van der Waals surface area contributed by atoms with Crippen LogP contribution < -0.4 is 20.7 Å². The minimum Gasteiger partial charge on any atom is -0.492 e. The van der Waals surface area contributed by atoms with Crippen molar-refractivity contribution in [1.82, 2.24) is 5.32 Å². The highest BCUT2D eigenvalue weighted by Crippen LogP contribution is 2.19. The van der Waals surface area contributed by atoms with Crippen LogP contribution >= 0.6 is 12.2 Å². The van der Waals surface area contributed by atoms with Gasteiger partial charge < -0.3 is 15.4 Å². The molecule has 0 fully saturated rings. The van der Waals surface area contributed by atoms with Gasteiger partial charge in [-0.15, -0.1) is 0 Å². The minimum atomic E-state index is -0.378. The maximum Gasteiger partial charge on any atom is 0.261 e. The van der Waals surface area contributed by atoms with E-state index in [0.717, 1.165) is 12.0 Å². The largest absolute Gasteiger partial charge is 0.492 e. The quantitative estimate of drug-likeness (QED) is 0.274. The Morgan fingerprint density at radius 2 is 1.33 bits per heavy atom. The second-order valence-corrected chi connectivity index (χ2v) is 8.30. The molecule has 0 aliphatic rings. The number of para-hydroxylation sites is 1. The van der Waals surface area contributed by atoms with Gasteiger partial charge in [0.2, 0.25) is 0 Å². The third-order valence-electron chi connectivity index (χ3n) is 5.26. The fraction of sp³-hybridized carbons (Fsp3) is 0.0690. The van der Waals surface area contributed by atoms with Crippen molar-refractivity contribution in [2.45, 2.75) is 6.42 Å². The van der Waals surface area contributed by atoms with Gasteiger partial charge in [-0.25, -0.2) is 0 Å². The van der Waals surface area contributed by atoms with Crippen molar-refractivity contribution in [2.24, 2.45) is 0 Å². The number of hydrogen-bond acceptors (Lipinski definition) is 4. The van der Waals surface area contributed by atoms with Gasteiger partial charge in [0.1, 0.15) is 5.75 Å². The van der Waals surface area contributed by atoms with Crippen LogP contribution in [0.3, 0.4) is 0 Å². The molecular formula is C29H25N3O3S. The molecule has 7 heteroatoms. The Morgan fingerprint density at radius 3 is 2.08 bits per heavy atom. The van der Waals surface area contributed by atoms with Crippen LogP contribution in [0.5, 0.6) is 5.75 Å². The van der Waals surface area contributed by atoms with Crippen molar-refractivity contribution in [3.8, 4) is 5.75 Å². The molecule has 6 nitrogen and oxygen atoms in total. The number of thiocarbonyl (C=S) groups is 1. The zero-order valence-electron chi connectivity index (χ0n) is 19.4. The molecule has 0 bridgehead atoms. The van der Waals surface area contributed by atoms with E-state index >= 15 is 0 Å². The lowest BCUT2D eigenvalue weighted by atomic mass is 10.1. The van der Waals surface area contributed by atoms with E-state index in [9.17, 15) is 9.59 Å². The Kier molecular flexibility index (Phi) is 8.40. The van der Waals surface area contributed by atoms with Gasteiger partial charge in [0.05, 0.1) is 12.2 Å². The Morgan fingerprint density at radius 1 is 0.694 bits per heavy atom. The number of anilines is 2. The molecule has 0 unspecified atom stereocenters. The van der Waals surface area contributed by atoms with Crippen molar-refractivity contribution < 1.29 is 14.3 Å². The number of amides is 2. The Balaban J connectivity index is 1.33. The third-order valence-corrected chi connectivity index (χ3v) is 5.47. The van der Waals surface area contributed by atoms with Crippen LogP contribution in [-0.4, -0.2) is 23.5 Å². The molecule has 2 amide bonds. The zero-order chi connectivity index (χ0) is 25.2. The molecule has 0 saturated heterocycles. The van der Waals surface area contributed by atoms with Crippen LogP contribution in [0.1, 0.15) is 26.3 Å². The van der Waals surface area contributed by atoms with E-state index < -0.39 is 0 Å². The van der Waals surface area contributed by atoms with E-state index in [-0.39, 0.29) is 16.9 Å². The summed E-state index contributed by atoms with van der Waals surface area (Å²) in [6.07, 6.45) is 0.730. The van der Waals surface area contributed by atoms with Crippen LogP contribution in [0.25, 0.3) is 0 Å². The van der Waals surface area contributed by atoms with Crippen molar-refractivity contribution >= 4 is 40.5 Å². The first-order chi connectivity index (χ1) is 17.6. The monoisotopic (exact) mass is 495 g/mol. The summed E-state index contributed by atoms with van der Waals surface area (Å²) in [5, 5.41) is 8.66. The molecule has 0 atom stereocenters. The van der Waals surface area contributed by atoms with Crippen molar-refractivity contribution in [1.29, 1.82) is 0 Å². The van der Waals surface area contributed by atoms with Gasteiger partial charge in [-0.1, -0.05) is 66.7 Å². The Labute approximate surface area is 215 Å². The van der Waals surface area contributed by atoms with Crippen LogP contribution in [0.2, 0.25) is 0 Å². The molecule has 0 heterocycles. The van der Waals surface area contributed by atoms with Crippen LogP contribution in [-0.2, 0) is 6.42 Å². The Hall–Kier alpha value is -4.49. The van der Waals surface area contributed by atoms with Crippen molar-refractivity contribution in [2.75, 3.05) is 17.2 Å². The molecule has 3 N–H and O–H groups in total. The highest BCUT2D eigenvalue weighted by atomic mass is 32.1. The second-order valence-electron chi connectivity index (χ2n) is 7.89. The van der Waals surface area contributed by atoms with E-state index in [1.165, 1.54) is 0 Å². The zero-order valence-corrected chi connectivity index (χ0v) is 20.3. The number of carbonyl (C=O) groups is 2. The summed E-state index contributed by atoms with van der Waals surface area (Å²) in [4.78, 5) is 25.3. The van der Waals surface area contributed by atoms with E-state index in [1.807, 2.05) is 42.5 Å². The van der Waals surface area contributed by atoms with E-state index in [2.05, 4.69) is 16.0 Å². The van der Waals surface area contributed by atoms with Gasteiger partial charge in [-0.3, -0.25) is 14.9 Å². The van der Waals surface area contributed by atoms with Gasteiger partial charge in [0, 0.05) is 23.4 Å². The maximum atomic E-state index is 12.9. The molecule has 4 aromatic carbocycles. The fourth-order valence-electron chi connectivity index (χ4n) is 3.50. The van der Waals surface area contributed by atoms with Gasteiger partial charge >= 0.3 is 0 Å². The molecule has 0 aromatic heterocycles. The molecule has 0 aliphatic heterocycles.